The quantitative estimate of drug-likeness (QED) is 0.616. The predicted molar refractivity (Wildman–Crippen MR) is 41.9 cm³/mol. The number of aliphatic hydroxyl groups is 1. The molecule has 0 heterocycles. The first-order valence-corrected chi connectivity index (χ1v) is 4.24. The Balaban J connectivity index is 2.47. The number of halogens is 3. The molecular formula is C7H13BF3O-. The van der Waals surface area contributed by atoms with Crippen molar-refractivity contribution in [3.05, 3.63) is 0 Å². The molecule has 1 saturated carbocycles. The van der Waals surface area contributed by atoms with Gasteiger partial charge < -0.3 is 18.1 Å². The molecular weight excluding hydrogens is 168 g/mol. The van der Waals surface area contributed by atoms with Crippen molar-refractivity contribution in [2.24, 2.45) is 0 Å². The van der Waals surface area contributed by atoms with Crippen LogP contribution >= 0.6 is 0 Å². The van der Waals surface area contributed by atoms with Gasteiger partial charge in [-0.15, -0.1) is 0 Å². The number of hydrogen-bond donors (Lipinski definition) is 1. The largest absolute Gasteiger partial charge is 0.481 e. The van der Waals surface area contributed by atoms with Gasteiger partial charge in [-0.05, 0) is 19.8 Å². The van der Waals surface area contributed by atoms with Gasteiger partial charge in [-0.2, -0.15) is 0 Å². The van der Waals surface area contributed by atoms with Crippen LogP contribution in [0.15, 0.2) is 0 Å². The second-order valence-electron chi connectivity index (χ2n) is 3.96. The van der Waals surface area contributed by atoms with E-state index in [1.807, 2.05) is 0 Å². The third-order valence-electron chi connectivity index (χ3n) is 2.64. The Labute approximate surface area is 70.0 Å². The van der Waals surface area contributed by atoms with Crippen molar-refractivity contribution in [3.63, 3.8) is 0 Å². The normalized spacial score (nSPS) is 38.2. The summed E-state index contributed by atoms with van der Waals surface area (Å²) in [4.78, 5) is 0. The van der Waals surface area contributed by atoms with E-state index in [0.717, 1.165) is 0 Å². The fourth-order valence-corrected chi connectivity index (χ4v) is 1.64. The molecule has 1 aliphatic rings. The smallest absolute Gasteiger partial charge is 0.449 e. The van der Waals surface area contributed by atoms with Crippen LogP contribution in [0.25, 0.3) is 0 Å². The fraction of sp³-hybridized carbons (Fsp3) is 1.00. The average molecular weight is 181 g/mol. The van der Waals surface area contributed by atoms with Crippen molar-refractivity contribution in [3.8, 4) is 0 Å². The van der Waals surface area contributed by atoms with E-state index in [4.69, 9.17) is 0 Å². The maximum absolute atomic E-state index is 12.2. The molecule has 0 amide bonds. The average Bonchev–Trinajstić information content (AvgIpc) is 1.83. The van der Waals surface area contributed by atoms with Crippen molar-refractivity contribution in [2.75, 3.05) is 0 Å². The van der Waals surface area contributed by atoms with Gasteiger partial charge in [0.2, 0.25) is 0 Å². The van der Waals surface area contributed by atoms with Gasteiger partial charge in [0.05, 0.1) is 5.60 Å². The zero-order chi connectivity index (χ0) is 9.41. The Morgan fingerprint density at radius 3 is 2.00 bits per heavy atom. The van der Waals surface area contributed by atoms with E-state index >= 15 is 0 Å². The molecule has 0 bridgehead atoms. The van der Waals surface area contributed by atoms with Gasteiger partial charge in [0.1, 0.15) is 0 Å². The standard InChI is InChI=1S/C7H13BF3O/c1-7(12)4-2-6(3-5-7)8(9,10)11/h6,12H,2-5H2,1H3/q-1. The van der Waals surface area contributed by atoms with Crippen molar-refractivity contribution < 1.29 is 18.1 Å². The highest BCUT2D eigenvalue weighted by molar-refractivity contribution is 6.60. The second kappa shape index (κ2) is 2.94. The van der Waals surface area contributed by atoms with Gasteiger partial charge in [0.15, 0.2) is 0 Å². The van der Waals surface area contributed by atoms with Crippen LogP contribution in [0.3, 0.4) is 0 Å². The molecule has 0 saturated heterocycles. The summed E-state index contributed by atoms with van der Waals surface area (Å²) in [5.41, 5.74) is -0.863. The summed E-state index contributed by atoms with van der Waals surface area (Å²) < 4.78 is 36.5. The van der Waals surface area contributed by atoms with Crippen LogP contribution in [0.1, 0.15) is 32.6 Å². The minimum absolute atomic E-state index is 0.0938. The van der Waals surface area contributed by atoms with Crippen LogP contribution in [0.2, 0.25) is 5.82 Å². The molecule has 0 aromatic rings. The van der Waals surface area contributed by atoms with E-state index in [2.05, 4.69) is 0 Å². The lowest BCUT2D eigenvalue weighted by Crippen LogP contribution is -2.35. The number of hydrogen-bond acceptors (Lipinski definition) is 1. The molecule has 72 valence electrons. The third kappa shape index (κ3) is 2.40. The van der Waals surface area contributed by atoms with E-state index in [-0.39, 0.29) is 25.7 Å². The lowest BCUT2D eigenvalue weighted by Gasteiger charge is -2.37. The molecule has 1 fully saturated rings. The van der Waals surface area contributed by atoms with Crippen LogP contribution < -0.4 is 0 Å². The predicted octanol–water partition coefficient (Wildman–Crippen LogP) is 2.53. The minimum Gasteiger partial charge on any atom is -0.449 e. The van der Waals surface area contributed by atoms with Gasteiger partial charge in [0.25, 0.3) is 0 Å². The van der Waals surface area contributed by atoms with E-state index < -0.39 is 18.4 Å². The van der Waals surface area contributed by atoms with Crippen LogP contribution in [0.5, 0.6) is 0 Å². The highest BCUT2D eigenvalue weighted by atomic mass is 19.4. The summed E-state index contributed by atoms with van der Waals surface area (Å²) in [5.74, 6) is -1.13. The summed E-state index contributed by atoms with van der Waals surface area (Å²) in [5, 5.41) is 9.40. The highest BCUT2D eigenvalue weighted by Gasteiger charge is 2.39. The first-order chi connectivity index (χ1) is 5.31. The molecule has 0 aliphatic heterocycles. The molecule has 0 atom stereocenters. The molecule has 1 aliphatic carbocycles. The number of rotatable bonds is 1. The third-order valence-corrected chi connectivity index (χ3v) is 2.64. The summed E-state index contributed by atoms with van der Waals surface area (Å²) in [6.07, 6.45) is 0.741. The maximum atomic E-state index is 12.2. The van der Waals surface area contributed by atoms with Crippen molar-refractivity contribution in [1.29, 1.82) is 0 Å². The molecule has 0 unspecified atom stereocenters. The Morgan fingerprint density at radius 2 is 1.67 bits per heavy atom. The molecule has 1 nitrogen and oxygen atoms in total. The van der Waals surface area contributed by atoms with Gasteiger partial charge >= 0.3 is 6.98 Å². The monoisotopic (exact) mass is 181 g/mol. The molecule has 5 heteroatoms. The fourth-order valence-electron chi connectivity index (χ4n) is 1.64. The Bertz CT molecular complexity index is 157. The Hall–Kier alpha value is -0.185. The van der Waals surface area contributed by atoms with Crippen LogP contribution in [-0.2, 0) is 0 Å². The van der Waals surface area contributed by atoms with Crippen LogP contribution in [0, 0.1) is 0 Å². The van der Waals surface area contributed by atoms with Crippen molar-refractivity contribution in [1.82, 2.24) is 0 Å². The van der Waals surface area contributed by atoms with Gasteiger partial charge in [0, 0.05) is 0 Å². The first-order valence-electron chi connectivity index (χ1n) is 4.24. The molecule has 12 heavy (non-hydrogen) atoms. The van der Waals surface area contributed by atoms with E-state index in [9.17, 15) is 18.1 Å². The van der Waals surface area contributed by atoms with Crippen molar-refractivity contribution in [2.45, 2.75) is 44.0 Å². The SMILES string of the molecule is CC1(O)CCC([B-](F)(F)F)CC1. The van der Waals surface area contributed by atoms with Gasteiger partial charge in [-0.1, -0.05) is 18.7 Å². The highest BCUT2D eigenvalue weighted by Crippen LogP contribution is 2.42. The molecule has 0 radical (unpaired) electrons. The summed E-state index contributed by atoms with van der Waals surface area (Å²) in [7, 11) is 0. The Kier molecular flexibility index (Phi) is 2.43. The molecule has 0 aromatic heterocycles. The lowest BCUT2D eigenvalue weighted by molar-refractivity contribution is 0.0197. The lowest BCUT2D eigenvalue weighted by atomic mass is 9.62. The van der Waals surface area contributed by atoms with E-state index in [1.165, 1.54) is 0 Å². The summed E-state index contributed by atoms with van der Waals surface area (Å²) >= 11 is 0. The van der Waals surface area contributed by atoms with E-state index in [1.54, 1.807) is 6.92 Å². The van der Waals surface area contributed by atoms with Gasteiger partial charge in [-0.3, -0.25) is 0 Å². The first kappa shape index (κ1) is 9.90. The van der Waals surface area contributed by atoms with E-state index in [0.29, 0.717) is 0 Å². The Morgan fingerprint density at radius 1 is 1.25 bits per heavy atom. The van der Waals surface area contributed by atoms with Crippen molar-refractivity contribution >= 4 is 6.98 Å². The van der Waals surface area contributed by atoms with Crippen LogP contribution in [0.4, 0.5) is 12.9 Å². The summed E-state index contributed by atoms with van der Waals surface area (Å²) in [6, 6.07) is 0. The molecule has 0 aromatic carbocycles. The summed E-state index contributed by atoms with van der Waals surface area (Å²) in [6.45, 7) is -3.08. The molecule has 1 N–H and O–H groups in total. The van der Waals surface area contributed by atoms with Crippen LogP contribution in [-0.4, -0.2) is 17.7 Å². The molecule has 0 spiro atoms. The second-order valence-corrected chi connectivity index (χ2v) is 3.96. The topological polar surface area (TPSA) is 20.2 Å². The molecule has 1 rings (SSSR count). The maximum Gasteiger partial charge on any atom is 0.481 e. The van der Waals surface area contributed by atoms with Gasteiger partial charge in [-0.25, -0.2) is 0 Å². The minimum atomic E-state index is -4.68. The zero-order valence-corrected chi connectivity index (χ0v) is 7.06. The zero-order valence-electron chi connectivity index (χ0n) is 7.06.